The number of aliphatic hydroxyl groups excluding tert-OH is 1. The first-order valence-corrected chi connectivity index (χ1v) is 6.93. The molecule has 6 heteroatoms. The van der Waals surface area contributed by atoms with Crippen molar-refractivity contribution in [1.82, 2.24) is 0 Å². The van der Waals surface area contributed by atoms with E-state index in [9.17, 15) is 14.7 Å². The number of thioether (sulfide) groups is 1. The summed E-state index contributed by atoms with van der Waals surface area (Å²) in [5.41, 5.74) is 0.448. The fraction of sp³-hybridized carbons (Fsp3) is 0.214. The third-order valence-electron chi connectivity index (χ3n) is 2.74. The molecular formula is C14H14FNO3S. The summed E-state index contributed by atoms with van der Waals surface area (Å²) >= 11 is 1.21. The number of pyridine rings is 1. The van der Waals surface area contributed by atoms with Crippen molar-refractivity contribution in [1.29, 1.82) is 0 Å². The molecule has 0 aliphatic rings. The maximum Gasteiger partial charge on any atom is 0.251 e. The first-order chi connectivity index (χ1) is 9.61. The highest BCUT2D eigenvalue weighted by atomic mass is 32.2. The summed E-state index contributed by atoms with van der Waals surface area (Å²) in [5.74, 6) is -0.125. The molecule has 106 valence electrons. The minimum absolute atomic E-state index is 0.133. The smallest absolute Gasteiger partial charge is 0.251 e. The zero-order valence-electron chi connectivity index (χ0n) is 10.8. The molecule has 1 unspecified atom stereocenters. The van der Waals surface area contributed by atoms with E-state index in [1.54, 1.807) is 24.3 Å². The topological polar surface area (TPSA) is 56.4 Å². The molecule has 4 nitrogen and oxygen atoms in total. The molecule has 0 radical (unpaired) electrons. The summed E-state index contributed by atoms with van der Waals surface area (Å²) < 4.78 is 19.1. The molecule has 1 atom stereocenters. The van der Waals surface area contributed by atoms with Gasteiger partial charge >= 0.3 is 0 Å². The summed E-state index contributed by atoms with van der Waals surface area (Å²) in [6, 6.07) is 9.35. The summed E-state index contributed by atoms with van der Waals surface area (Å²) in [6.07, 6.45) is 0.530. The number of ether oxygens (including phenoxy) is 1. The predicted molar refractivity (Wildman–Crippen MR) is 74.0 cm³/mol. The van der Waals surface area contributed by atoms with Crippen LogP contribution in [0.3, 0.4) is 0 Å². The number of nitrogens with zero attached hydrogens (tertiary/aromatic N) is 1. The lowest BCUT2D eigenvalue weighted by atomic mass is 10.1. The Bertz CT molecular complexity index is 594. The monoisotopic (exact) mass is 295 g/mol. The van der Waals surface area contributed by atoms with Crippen LogP contribution >= 0.6 is 11.8 Å². The zero-order chi connectivity index (χ0) is 14.5. The van der Waals surface area contributed by atoms with Gasteiger partial charge in [0.05, 0.1) is 13.2 Å². The quantitative estimate of drug-likeness (QED) is 0.522. The summed E-state index contributed by atoms with van der Waals surface area (Å²) in [6.45, 7) is 0. The molecule has 0 spiro atoms. The summed E-state index contributed by atoms with van der Waals surface area (Å²) in [7, 11) is 1.38. The van der Waals surface area contributed by atoms with E-state index in [2.05, 4.69) is 0 Å². The van der Waals surface area contributed by atoms with Crippen molar-refractivity contribution in [2.45, 2.75) is 11.1 Å². The first kappa shape index (κ1) is 14.6. The third-order valence-corrected chi connectivity index (χ3v) is 3.83. The molecule has 20 heavy (non-hydrogen) atoms. The number of hydrogen-bond acceptors (Lipinski definition) is 4. The van der Waals surface area contributed by atoms with Gasteiger partial charge in [-0.05, 0) is 23.8 Å². The molecule has 0 fully saturated rings. The van der Waals surface area contributed by atoms with Gasteiger partial charge in [-0.3, -0.25) is 0 Å². The SMILES string of the molecule is COc1ccc(C(O)CSc2cccc[n+]2[O-])cc1F. The molecule has 0 aliphatic carbocycles. The Kier molecular flexibility index (Phi) is 4.81. The van der Waals surface area contributed by atoms with E-state index in [1.165, 1.54) is 37.2 Å². The van der Waals surface area contributed by atoms with E-state index < -0.39 is 11.9 Å². The van der Waals surface area contributed by atoms with Crippen LogP contribution in [-0.4, -0.2) is 18.0 Å². The molecule has 2 aromatic rings. The van der Waals surface area contributed by atoms with E-state index in [-0.39, 0.29) is 11.5 Å². The average molecular weight is 295 g/mol. The Balaban J connectivity index is 2.03. The number of benzene rings is 1. The molecule has 0 bridgehead atoms. The zero-order valence-corrected chi connectivity index (χ0v) is 11.6. The van der Waals surface area contributed by atoms with Crippen LogP contribution < -0.4 is 9.47 Å². The van der Waals surface area contributed by atoms with E-state index >= 15 is 0 Å². The van der Waals surface area contributed by atoms with Crippen molar-refractivity contribution in [3.8, 4) is 5.75 Å². The lowest BCUT2D eigenvalue weighted by Crippen LogP contribution is -2.28. The van der Waals surface area contributed by atoms with Gasteiger partial charge in [0, 0.05) is 17.9 Å². The maximum atomic E-state index is 13.5. The molecule has 0 aliphatic heterocycles. The number of aromatic nitrogens is 1. The standard InChI is InChI=1S/C14H14FNO3S/c1-19-13-6-5-10(8-11(13)15)12(17)9-20-14-4-2-3-7-16(14)18/h2-8,12,17H,9H2,1H3. The van der Waals surface area contributed by atoms with Gasteiger partial charge in [-0.2, -0.15) is 4.73 Å². The molecule has 0 saturated heterocycles. The van der Waals surface area contributed by atoms with Gasteiger partial charge in [0.2, 0.25) is 0 Å². The highest BCUT2D eigenvalue weighted by molar-refractivity contribution is 7.99. The largest absolute Gasteiger partial charge is 0.618 e. The van der Waals surface area contributed by atoms with Crippen LogP contribution in [0, 0.1) is 11.0 Å². The van der Waals surface area contributed by atoms with Crippen LogP contribution in [0.15, 0.2) is 47.6 Å². The second-order valence-corrected chi connectivity index (χ2v) is 5.13. The van der Waals surface area contributed by atoms with Crippen molar-refractivity contribution in [3.63, 3.8) is 0 Å². The van der Waals surface area contributed by atoms with Crippen LogP contribution in [-0.2, 0) is 0 Å². The van der Waals surface area contributed by atoms with Crippen molar-refractivity contribution in [2.24, 2.45) is 0 Å². The van der Waals surface area contributed by atoms with E-state index in [0.717, 1.165) is 4.73 Å². The Morgan fingerprint density at radius 2 is 2.20 bits per heavy atom. The van der Waals surface area contributed by atoms with Gasteiger partial charge in [0.15, 0.2) is 17.8 Å². The van der Waals surface area contributed by atoms with Crippen molar-refractivity contribution < 1.29 is 19.0 Å². The maximum absolute atomic E-state index is 13.5. The minimum Gasteiger partial charge on any atom is -0.618 e. The Hall–Kier alpha value is -1.79. The predicted octanol–water partition coefficient (Wildman–Crippen LogP) is 2.29. The molecular weight excluding hydrogens is 281 g/mol. The van der Waals surface area contributed by atoms with Crippen molar-refractivity contribution >= 4 is 11.8 Å². The highest BCUT2D eigenvalue weighted by Crippen LogP contribution is 2.26. The highest BCUT2D eigenvalue weighted by Gasteiger charge is 2.14. The van der Waals surface area contributed by atoms with E-state index in [0.29, 0.717) is 10.6 Å². The fourth-order valence-electron chi connectivity index (χ4n) is 1.67. The van der Waals surface area contributed by atoms with Crippen LogP contribution in [0.2, 0.25) is 0 Å². The molecule has 0 amide bonds. The number of halogens is 1. The molecule has 1 aromatic carbocycles. The van der Waals surface area contributed by atoms with Gasteiger partial charge in [0.25, 0.3) is 5.03 Å². The van der Waals surface area contributed by atoms with Crippen LogP contribution in [0.25, 0.3) is 0 Å². The van der Waals surface area contributed by atoms with Gasteiger partial charge in [-0.15, -0.1) is 0 Å². The van der Waals surface area contributed by atoms with E-state index in [4.69, 9.17) is 4.74 Å². The minimum atomic E-state index is -0.861. The fourth-order valence-corrected chi connectivity index (χ4v) is 2.56. The Morgan fingerprint density at radius 1 is 1.40 bits per heavy atom. The molecule has 1 aromatic heterocycles. The Morgan fingerprint density at radius 3 is 2.85 bits per heavy atom. The molecule has 2 rings (SSSR count). The van der Waals surface area contributed by atoms with Gasteiger partial charge in [-0.1, -0.05) is 17.8 Å². The van der Waals surface area contributed by atoms with Gasteiger partial charge in [0.1, 0.15) is 0 Å². The lowest BCUT2D eigenvalue weighted by Gasteiger charge is -2.11. The first-order valence-electron chi connectivity index (χ1n) is 5.94. The second-order valence-electron chi connectivity index (χ2n) is 4.09. The summed E-state index contributed by atoms with van der Waals surface area (Å²) in [4.78, 5) is 0. The number of aliphatic hydroxyl groups is 1. The number of rotatable bonds is 5. The van der Waals surface area contributed by atoms with Crippen molar-refractivity contribution in [2.75, 3.05) is 12.9 Å². The third kappa shape index (κ3) is 3.40. The van der Waals surface area contributed by atoms with Gasteiger partial charge < -0.3 is 15.1 Å². The number of hydrogen-bond donors (Lipinski definition) is 1. The van der Waals surface area contributed by atoms with Gasteiger partial charge in [-0.25, -0.2) is 4.39 Å². The second kappa shape index (κ2) is 6.58. The van der Waals surface area contributed by atoms with Crippen LogP contribution in [0.4, 0.5) is 4.39 Å². The molecule has 1 N–H and O–H groups in total. The molecule has 0 saturated carbocycles. The molecule has 1 heterocycles. The average Bonchev–Trinajstić information content (AvgIpc) is 2.46. The van der Waals surface area contributed by atoms with E-state index in [1.807, 2.05) is 0 Å². The Labute approximate surface area is 120 Å². The summed E-state index contributed by atoms with van der Waals surface area (Å²) in [5, 5.41) is 22.0. The lowest BCUT2D eigenvalue weighted by molar-refractivity contribution is -0.645. The van der Waals surface area contributed by atoms with Crippen LogP contribution in [0.1, 0.15) is 11.7 Å². The number of methoxy groups -OCH3 is 1. The van der Waals surface area contributed by atoms with Crippen molar-refractivity contribution in [3.05, 3.63) is 59.2 Å². The van der Waals surface area contributed by atoms with Crippen LogP contribution in [0.5, 0.6) is 5.75 Å². The normalized spacial score (nSPS) is 12.2.